The van der Waals surface area contributed by atoms with Crippen molar-refractivity contribution in [1.82, 2.24) is 5.32 Å². The number of carbonyl (C=O) groups excluding carboxylic acids is 3. The molecule has 0 aromatic heterocycles. The maximum absolute atomic E-state index is 14.5. The van der Waals surface area contributed by atoms with Crippen molar-refractivity contribution < 1.29 is 23.9 Å². The Morgan fingerprint density at radius 3 is 2.54 bits per heavy atom. The first kappa shape index (κ1) is 20.0. The zero-order chi connectivity index (χ0) is 19.6. The Balaban J connectivity index is 2.23. The fraction of sp³-hybridized carbons (Fsp3) is 0.526. The monoisotopic (exact) mass is 364 g/mol. The topological polar surface area (TPSA) is 86.7 Å². The highest BCUT2D eigenvalue weighted by Crippen LogP contribution is 2.31. The van der Waals surface area contributed by atoms with Gasteiger partial charge in [0.15, 0.2) is 0 Å². The predicted molar refractivity (Wildman–Crippen MR) is 95.1 cm³/mol. The number of nitrogens with one attached hydrogen (secondary N) is 1. The summed E-state index contributed by atoms with van der Waals surface area (Å²) in [5.74, 6) is -2.53. The summed E-state index contributed by atoms with van der Waals surface area (Å²) in [6.07, 6.45) is 0.432. The molecule has 1 saturated heterocycles. The molecule has 26 heavy (non-hydrogen) atoms. The van der Waals surface area contributed by atoms with Crippen LogP contribution in [0.3, 0.4) is 0 Å². The Morgan fingerprint density at radius 1 is 1.38 bits per heavy atom. The third-order valence-corrected chi connectivity index (χ3v) is 4.63. The minimum Gasteiger partial charge on any atom is -0.396 e. The maximum Gasteiger partial charge on any atom is 0.254 e. The Morgan fingerprint density at radius 2 is 2.04 bits per heavy atom. The van der Waals surface area contributed by atoms with Crippen LogP contribution in [0.4, 0.5) is 10.1 Å². The quantitative estimate of drug-likeness (QED) is 0.758. The van der Waals surface area contributed by atoms with Gasteiger partial charge in [-0.15, -0.1) is 0 Å². The lowest BCUT2D eigenvalue weighted by Gasteiger charge is -2.25. The molecule has 1 heterocycles. The summed E-state index contributed by atoms with van der Waals surface area (Å²) in [5, 5.41) is 11.7. The number of aliphatic hydroxyl groups excluding tert-OH is 1. The summed E-state index contributed by atoms with van der Waals surface area (Å²) >= 11 is 0. The van der Waals surface area contributed by atoms with Gasteiger partial charge in [0.25, 0.3) is 5.91 Å². The molecular weight excluding hydrogens is 339 g/mol. The number of nitrogens with zero attached hydrogens (tertiary/aromatic N) is 1. The van der Waals surface area contributed by atoms with Crippen LogP contribution in [-0.2, 0) is 9.59 Å². The van der Waals surface area contributed by atoms with E-state index in [4.69, 9.17) is 5.11 Å². The lowest BCUT2D eigenvalue weighted by atomic mass is 9.94. The van der Waals surface area contributed by atoms with E-state index in [-0.39, 0.29) is 42.0 Å². The number of imide groups is 1. The van der Waals surface area contributed by atoms with Crippen molar-refractivity contribution in [3.63, 3.8) is 0 Å². The lowest BCUT2D eigenvalue weighted by Crippen LogP contribution is -2.44. The van der Waals surface area contributed by atoms with E-state index < -0.39 is 23.2 Å². The Kier molecular flexibility index (Phi) is 5.81. The number of aliphatic hydroxyl groups is 1. The molecule has 0 radical (unpaired) electrons. The van der Waals surface area contributed by atoms with Gasteiger partial charge in [0.1, 0.15) is 5.82 Å². The molecule has 0 spiro atoms. The van der Waals surface area contributed by atoms with Crippen molar-refractivity contribution in [3.05, 3.63) is 29.6 Å². The van der Waals surface area contributed by atoms with Crippen LogP contribution >= 0.6 is 0 Å². The summed E-state index contributed by atoms with van der Waals surface area (Å²) in [7, 11) is 0. The van der Waals surface area contributed by atoms with E-state index in [2.05, 4.69) is 5.32 Å². The molecule has 2 rings (SSSR count). The Labute approximate surface area is 152 Å². The highest BCUT2D eigenvalue weighted by atomic mass is 19.1. The number of rotatable bonds is 6. The fourth-order valence-electron chi connectivity index (χ4n) is 2.99. The molecule has 1 aromatic carbocycles. The number of benzene rings is 1. The van der Waals surface area contributed by atoms with Gasteiger partial charge in [-0.2, -0.15) is 0 Å². The zero-order valence-electron chi connectivity index (χ0n) is 15.5. The van der Waals surface area contributed by atoms with Crippen molar-refractivity contribution in [2.45, 2.75) is 46.1 Å². The first-order valence-electron chi connectivity index (χ1n) is 8.67. The molecule has 1 unspecified atom stereocenters. The van der Waals surface area contributed by atoms with Crippen LogP contribution in [0, 0.1) is 17.7 Å². The molecule has 1 aromatic rings. The van der Waals surface area contributed by atoms with Crippen LogP contribution in [-0.4, -0.2) is 35.0 Å². The highest BCUT2D eigenvalue weighted by Gasteiger charge is 2.41. The second-order valence-electron chi connectivity index (χ2n) is 7.60. The minimum atomic E-state index is -0.812. The number of anilines is 1. The molecule has 1 fully saturated rings. The van der Waals surface area contributed by atoms with Gasteiger partial charge < -0.3 is 10.4 Å². The molecular formula is C19H25FN2O4. The average molecular weight is 364 g/mol. The molecule has 3 amide bonds. The van der Waals surface area contributed by atoms with Crippen molar-refractivity contribution in [2.75, 3.05) is 11.5 Å². The maximum atomic E-state index is 14.5. The van der Waals surface area contributed by atoms with E-state index >= 15 is 0 Å². The van der Waals surface area contributed by atoms with Gasteiger partial charge in [0, 0.05) is 18.6 Å². The van der Waals surface area contributed by atoms with E-state index in [0.29, 0.717) is 6.42 Å². The standard InChI is InChI=1S/C19H25FN2O4/c1-11(2)14-10-16(24)22(18(14)26)12-5-6-13(15(20)9-12)17(25)21-19(3,4)7-8-23/h5-6,9,11,14,23H,7-8,10H2,1-4H3,(H,21,25). The second kappa shape index (κ2) is 7.53. The third kappa shape index (κ3) is 4.09. The molecule has 7 heteroatoms. The van der Waals surface area contributed by atoms with E-state index in [1.807, 2.05) is 13.8 Å². The molecule has 1 aliphatic rings. The first-order chi connectivity index (χ1) is 12.1. The van der Waals surface area contributed by atoms with Gasteiger partial charge in [-0.25, -0.2) is 4.39 Å². The van der Waals surface area contributed by atoms with Gasteiger partial charge >= 0.3 is 0 Å². The number of carbonyl (C=O) groups is 3. The summed E-state index contributed by atoms with van der Waals surface area (Å²) in [5.41, 5.74) is -0.742. The van der Waals surface area contributed by atoms with E-state index in [1.165, 1.54) is 12.1 Å². The van der Waals surface area contributed by atoms with Crippen LogP contribution < -0.4 is 10.2 Å². The highest BCUT2D eigenvalue weighted by molar-refractivity contribution is 6.21. The van der Waals surface area contributed by atoms with Crippen molar-refractivity contribution in [3.8, 4) is 0 Å². The number of hydrogen-bond acceptors (Lipinski definition) is 4. The molecule has 0 aliphatic carbocycles. The molecule has 6 nitrogen and oxygen atoms in total. The van der Waals surface area contributed by atoms with Gasteiger partial charge in [-0.1, -0.05) is 13.8 Å². The van der Waals surface area contributed by atoms with Gasteiger partial charge in [-0.05, 0) is 44.4 Å². The Hall–Kier alpha value is -2.28. The van der Waals surface area contributed by atoms with Crippen molar-refractivity contribution >= 4 is 23.4 Å². The smallest absolute Gasteiger partial charge is 0.254 e. The molecule has 1 atom stereocenters. The SMILES string of the molecule is CC(C)C1CC(=O)N(c2ccc(C(=O)NC(C)(C)CCO)c(F)c2)C1=O. The van der Waals surface area contributed by atoms with Crippen LogP contribution in [0.25, 0.3) is 0 Å². The summed E-state index contributed by atoms with van der Waals surface area (Å²) in [6.45, 7) is 7.07. The minimum absolute atomic E-state index is 0.0140. The summed E-state index contributed by atoms with van der Waals surface area (Å²) < 4.78 is 14.5. The molecule has 0 saturated carbocycles. The summed E-state index contributed by atoms with van der Waals surface area (Å²) in [4.78, 5) is 37.9. The Bertz CT molecular complexity index is 730. The van der Waals surface area contributed by atoms with Crippen LogP contribution in [0.1, 0.15) is 50.9 Å². The zero-order valence-corrected chi connectivity index (χ0v) is 15.5. The number of amides is 3. The predicted octanol–water partition coefficient (Wildman–Crippen LogP) is 2.25. The molecule has 1 aliphatic heterocycles. The fourth-order valence-corrected chi connectivity index (χ4v) is 2.99. The number of hydrogen-bond donors (Lipinski definition) is 2. The normalized spacial score (nSPS) is 18.0. The van der Waals surface area contributed by atoms with Gasteiger partial charge in [0.05, 0.1) is 17.2 Å². The van der Waals surface area contributed by atoms with Crippen LogP contribution in [0.15, 0.2) is 18.2 Å². The van der Waals surface area contributed by atoms with Crippen molar-refractivity contribution in [2.24, 2.45) is 11.8 Å². The van der Waals surface area contributed by atoms with Gasteiger partial charge in [0.2, 0.25) is 11.8 Å². The van der Waals surface area contributed by atoms with Crippen LogP contribution in [0.2, 0.25) is 0 Å². The molecule has 0 bridgehead atoms. The molecule has 142 valence electrons. The molecule has 2 N–H and O–H groups in total. The largest absolute Gasteiger partial charge is 0.396 e. The van der Waals surface area contributed by atoms with Crippen molar-refractivity contribution in [1.29, 1.82) is 0 Å². The van der Waals surface area contributed by atoms with E-state index in [0.717, 1.165) is 11.0 Å². The first-order valence-corrected chi connectivity index (χ1v) is 8.67. The van der Waals surface area contributed by atoms with Crippen LogP contribution in [0.5, 0.6) is 0 Å². The van der Waals surface area contributed by atoms with E-state index in [9.17, 15) is 18.8 Å². The number of halogens is 1. The van der Waals surface area contributed by atoms with E-state index in [1.54, 1.807) is 13.8 Å². The summed E-state index contributed by atoms with van der Waals surface area (Å²) in [6, 6.07) is 3.69. The lowest BCUT2D eigenvalue weighted by molar-refractivity contribution is -0.122. The van der Waals surface area contributed by atoms with Gasteiger partial charge in [-0.3, -0.25) is 19.3 Å². The third-order valence-electron chi connectivity index (χ3n) is 4.63. The second-order valence-corrected chi connectivity index (χ2v) is 7.60. The average Bonchev–Trinajstić information content (AvgIpc) is 2.81.